The van der Waals surface area contributed by atoms with E-state index < -0.39 is 0 Å². The molecule has 0 unspecified atom stereocenters. The van der Waals surface area contributed by atoms with E-state index in [2.05, 4.69) is 10.3 Å². The van der Waals surface area contributed by atoms with Crippen LogP contribution in [0, 0.1) is 0 Å². The number of carbonyl (C=O) groups excluding carboxylic acids is 1. The average Bonchev–Trinajstić information content (AvgIpc) is 3.02. The third kappa shape index (κ3) is 1.47. The Morgan fingerprint density at radius 1 is 1.30 bits per heavy atom. The van der Waals surface area contributed by atoms with Crippen molar-refractivity contribution in [1.82, 2.24) is 15.0 Å². The van der Waals surface area contributed by atoms with E-state index in [0.29, 0.717) is 0 Å². The molecule has 3 aromatic rings. The fraction of sp³-hybridized carbons (Fsp3) is 0.357. The van der Waals surface area contributed by atoms with Gasteiger partial charge in [0.15, 0.2) is 0 Å². The first-order valence-corrected chi connectivity index (χ1v) is 6.72. The smallest absolute Gasteiger partial charge is 0.329 e. The Labute approximate surface area is 114 Å². The van der Waals surface area contributed by atoms with Crippen LogP contribution in [0.4, 0.5) is 0 Å². The highest BCUT2D eigenvalue weighted by molar-refractivity contribution is 6.05. The number of hydrogen-bond donors (Lipinski definition) is 0. The lowest BCUT2D eigenvalue weighted by molar-refractivity contribution is -0.141. The Morgan fingerprint density at radius 2 is 2.15 bits per heavy atom. The lowest BCUT2D eigenvalue weighted by Gasteiger charge is -2.14. The number of fused-ring (bicyclic) bond motifs is 5. The Bertz CT molecular complexity index is 831. The van der Waals surface area contributed by atoms with Crippen LogP contribution in [0.15, 0.2) is 16.8 Å². The lowest BCUT2D eigenvalue weighted by atomic mass is 9.95. The molecule has 0 aliphatic heterocycles. The summed E-state index contributed by atoms with van der Waals surface area (Å²) in [6, 6.07) is 3.74. The summed E-state index contributed by atoms with van der Waals surface area (Å²) in [5.74, 6) is -0.325. The molecule has 0 radical (unpaired) electrons. The molecule has 1 aliphatic carbocycles. The molecule has 0 fully saturated rings. The number of benzene rings is 1. The summed E-state index contributed by atoms with van der Waals surface area (Å²) in [5, 5.41) is 8.89. The Balaban J connectivity index is 2.12. The molecule has 6 nitrogen and oxygen atoms in total. The first-order valence-electron chi connectivity index (χ1n) is 6.72. The molecule has 2 heterocycles. The van der Waals surface area contributed by atoms with Crippen molar-refractivity contribution in [2.45, 2.75) is 32.6 Å². The van der Waals surface area contributed by atoms with Gasteiger partial charge in [-0.05, 0) is 53.7 Å². The second-order valence-corrected chi connectivity index (χ2v) is 5.10. The molecule has 0 atom stereocenters. The minimum atomic E-state index is -0.325. The maximum Gasteiger partial charge on any atom is 0.329 e. The van der Waals surface area contributed by atoms with Crippen LogP contribution >= 0.6 is 0 Å². The summed E-state index contributed by atoms with van der Waals surface area (Å²) in [6.07, 6.45) is 4.11. The van der Waals surface area contributed by atoms with Crippen LogP contribution < -0.4 is 4.84 Å². The molecule has 0 spiro atoms. The van der Waals surface area contributed by atoms with E-state index in [-0.39, 0.29) is 5.97 Å². The topological polar surface area (TPSA) is 70.2 Å². The normalized spacial score (nSPS) is 14.7. The zero-order valence-corrected chi connectivity index (χ0v) is 11.0. The quantitative estimate of drug-likeness (QED) is 0.677. The van der Waals surface area contributed by atoms with Gasteiger partial charge in [0.25, 0.3) is 0 Å². The van der Waals surface area contributed by atoms with Crippen LogP contribution in [0.3, 0.4) is 0 Å². The largest absolute Gasteiger partial charge is 0.337 e. The van der Waals surface area contributed by atoms with E-state index in [1.54, 1.807) is 4.73 Å². The summed E-state index contributed by atoms with van der Waals surface area (Å²) >= 11 is 0. The number of rotatable bonds is 1. The molecule has 2 aromatic heterocycles. The van der Waals surface area contributed by atoms with Gasteiger partial charge in [-0.25, -0.2) is 9.42 Å². The Morgan fingerprint density at radius 3 is 3.00 bits per heavy atom. The van der Waals surface area contributed by atoms with Gasteiger partial charge in [0, 0.05) is 12.3 Å². The fourth-order valence-corrected chi connectivity index (χ4v) is 3.07. The molecule has 0 amide bonds. The Kier molecular flexibility index (Phi) is 2.33. The molecular formula is C14H13N3O3. The van der Waals surface area contributed by atoms with Crippen molar-refractivity contribution >= 4 is 27.9 Å². The standard InChI is InChI=1S/C14H13N3O3/c1-8(18)19-17-11-5-3-2-4-9(11)13-12(17)7-6-10-14(13)16-20-15-10/h6-7H,2-5H2,1H3. The molecule has 102 valence electrons. The lowest BCUT2D eigenvalue weighted by Crippen LogP contribution is -2.20. The van der Waals surface area contributed by atoms with Crippen LogP contribution in [0.2, 0.25) is 0 Å². The number of aryl methyl sites for hydroxylation is 1. The van der Waals surface area contributed by atoms with E-state index in [1.807, 2.05) is 12.1 Å². The maximum atomic E-state index is 11.4. The van der Waals surface area contributed by atoms with E-state index in [9.17, 15) is 4.79 Å². The van der Waals surface area contributed by atoms with Gasteiger partial charge < -0.3 is 4.84 Å². The van der Waals surface area contributed by atoms with Crippen molar-refractivity contribution < 1.29 is 14.3 Å². The van der Waals surface area contributed by atoms with Gasteiger partial charge >= 0.3 is 5.97 Å². The SMILES string of the molecule is CC(=O)On1c2c(c3c4nonc4ccc31)CCCC2. The van der Waals surface area contributed by atoms with Crippen molar-refractivity contribution in [2.24, 2.45) is 0 Å². The van der Waals surface area contributed by atoms with Gasteiger partial charge in [0.05, 0.1) is 11.2 Å². The second kappa shape index (κ2) is 4.06. The van der Waals surface area contributed by atoms with E-state index in [0.717, 1.165) is 53.3 Å². The summed E-state index contributed by atoms with van der Waals surface area (Å²) in [5.41, 5.74) is 4.60. The molecular weight excluding hydrogens is 258 g/mol. The first-order chi connectivity index (χ1) is 9.75. The molecule has 0 saturated heterocycles. The highest BCUT2D eigenvalue weighted by Crippen LogP contribution is 2.35. The molecule has 4 rings (SSSR count). The molecule has 20 heavy (non-hydrogen) atoms. The molecule has 6 heteroatoms. The van der Waals surface area contributed by atoms with Gasteiger partial charge in [0.2, 0.25) is 0 Å². The van der Waals surface area contributed by atoms with Crippen LogP contribution in [0.25, 0.3) is 21.9 Å². The summed E-state index contributed by atoms with van der Waals surface area (Å²) < 4.78 is 6.49. The molecule has 0 bridgehead atoms. The van der Waals surface area contributed by atoms with Crippen molar-refractivity contribution in [3.8, 4) is 0 Å². The van der Waals surface area contributed by atoms with Crippen LogP contribution in [-0.2, 0) is 17.6 Å². The minimum absolute atomic E-state index is 0.325. The number of carbonyl (C=O) groups is 1. The Hall–Kier alpha value is -2.37. The van der Waals surface area contributed by atoms with Gasteiger partial charge in [-0.3, -0.25) is 0 Å². The molecule has 0 N–H and O–H groups in total. The van der Waals surface area contributed by atoms with Crippen LogP contribution in [0.5, 0.6) is 0 Å². The van der Waals surface area contributed by atoms with Crippen LogP contribution in [-0.4, -0.2) is 21.0 Å². The molecule has 1 aromatic carbocycles. The highest BCUT2D eigenvalue weighted by Gasteiger charge is 2.24. The van der Waals surface area contributed by atoms with E-state index in [4.69, 9.17) is 9.47 Å². The molecule has 1 aliphatic rings. The summed E-state index contributed by atoms with van der Waals surface area (Å²) in [4.78, 5) is 16.8. The van der Waals surface area contributed by atoms with Gasteiger partial charge in [-0.15, -0.1) is 0 Å². The number of hydrogen-bond acceptors (Lipinski definition) is 5. The zero-order chi connectivity index (χ0) is 13.7. The second-order valence-electron chi connectivity index (χ2n) is 5.10. The number of aromatic nitrogens is 3. The highest BCUT2D eigenvalue weighted by atomic mass is 16.7. The van der Waals surface area contributed by atoms with Crippen molar-refractivity contribution in [2.75, 3.05) is 0 Å². The van der Waals surface area contributed by atoms with Crippen molar-refractivity contribution in [3.05, 3.63) is 23.4 Å². The van der Waals surface area contributed by atoms with Gasteiger partial charge in [-0.1, -0.05) is 0 Å². The number of nitrogens with zero attached hydrogens (tertiary/aromatic N) is 3. The fourth-order valence-electron chi connectivity index (χ4n) is 3.07. The average molecular weight is 271 g/mol. The van der Waals surface area contributed by atoms with Crippen molar-refractivity contribution in [3.63, 3.8) is 0 Å². The summed E-state index contributed by atoms with van der Waals surface area (Å²) in [6.45, 7) is 1.41. The third-order valence-electron chi connectivity index (χ3n) is 3.83. The predicted molar refractivity (Wildman–Crippen MR) is 71.2 cm³/mol. The maximum absolute atomic E-state index is 11.4. The zero-order valence-electron chi connectivity index (χ0n) is 11.0. The third-order valence-corrected chi connectivity index (χ3v) is 3.83. The van der Waals surface area contributed by atoms with Crippen LogP contribution in [0.1, 0.15) is 31.0 Å². The minimum Gasteiger partial charge on any atom is -0.337 e. The van der Waals surface area contributed by atoms with Crippen molar-refractivity contribution in [1.29, 1.82) is 0 Å². The van der Waals surface area contributed by atoms with Gasteiger partial charge in [0.1, 0.15) is 11.0 Å². The monoisotopic (exact) mass is 271 g/mol. The summed E-state index contributed by atoms with van der Waals surface area (Å²) in [7, 11) is 0. The molecule has 0 saturated carbocycles. The van der Waals surface area contributed by atoms with E-state index in [1.165, 1.54) is 12.5 Å². The van der Waals surface area contributed by atoms with E-state index >= 15 is 0 Å². The first kappa shape index (κ1) is 11.5. The predicted octanol–water partition coefficient (Wildman–Crippen LogP) is 2.03. The van der Waals surface area contributed by atoms with Gasteiger partial charge in [-0.2, -0.15) is 4.73 Å².